The summed E-state index contributed by atoms with van der Waals surface area (Å²) < 4.78 is 37.0. The molecule has 0 spiro atoms. The van der Waals surface area contributed by atoms with Crippen molar-refractivity contribution in [3.8, 4) is 0 Å². The van der Waals surface area contributed by atoms with Crippen LogP contribution >= 0.6 is 0 Å². The number of hydrogen-bond acceptors (Lipinski definition) is 3. The average Bonchev–Trinajstić information content (AvgIpc) is 2.96. The van der Waals surface area contributed by atoms with Crippen LogP contribution in [-0.4, -0.2) is 33.8 Å². The van der Waals surface area contributed by atoms with E-state index in [4.69, 9.17) is 9.47 Å². The number of hydrogen-bond donors (Lipinski definition) is 1. The molecule has 0 fully saturated rings. The zero-order valence-corrected chi connectivity index (χ0v) is 15.5. The van der Waals surface area contributed by atoms with Crippen LogP contribution in [0.15, 0.2) is 22.9 Å². The molecule has 0 aliphatic heterocycles. The van der Waals surface area contributed by atoms with E-state index < -0.39 is 15.4 Å². The Kier molecular flexibility index (Phi) is 9.86. The summed E-state index contributed by atoms with van der Waals surface area (Å²) in [5.41, 5.74) is 0.816. The van der Waals surface area contributed by atoms with E-state index in [1.54, 1.807) is 12.2 Å². The third-order valence-corrected chi connectivity index (χ3v) is 5.00. The van der Waals surface area contributed by atoms with E-state index in [2.05, 4.69) is 13.8 Å². The fourth-order valence-electron chi connectivity index (χ4n) is 2.50. The smallest absolute Gasteiger partial charge is 0.343 e. The van der Waals surface area contributed by atoms with E-state index in [-0.39, 0.29) is 5.20 Å². The normalized spacial score (nSPS) is 15.2. The third-order valence-electron chi connectivity index (χ3n) is 3.93. The van der Waals surface area contributed by atoms with Crippen LogP contribution < -0.4 is 0 Å². The van der Waals surface area contributed by atoms with Gasteiger partial charge in [-0.1, -0.05) is 44.4 Å². The first kappa shape index (κ1) is 20.5. The SMILES string of the molecule is CCCCOC(O)(CCCC1=C([SiH](F)F)C=CC1)OCCCC. The maximum Gasteiger partial charge on any atom is 0.441 e. The minimum Gasteiger partial charge on any atom is -0.343 e. The number of unbranched alkanes of at least 4 members (excludes halogenated alkanes) is 2. The zero-order chi connectivity index (χ0) is 17.1. The Labute approximate surface area is 140 Å². The number of halogens is 2. The van der Waals surface area contributed by atoms with Crippen molar-refractivity contribution < 1.29 is 22.8 Å². The van der Waals surface area contributed by atoms with Crippen molar-refractivity contribution >= 4 is 9.46 Å². The zero-order valence-electron chi connectivity index (χ0n) is 14.3. The highest BCUT2D eigenvalue weighted by Crippen LogP contribution is 2.28. The Morgan fingerprint density at radius 1 is 1.13 bits per heavy atom. The molecule has 1 aliphatic carbocycles. The third kappa shape index (κ3) is 7.70. The molecular formula is C17H30F2O3Si. The number of rotatable bonds is 13. The van der Waals surface area contributed by atoms with Crippen molar-refractivity contribution in [3.63, 3.8) is 0 Å². The molecule has 0 unspecified atom stereocenters. The Morgan fingerprint density at radius 2 is 1.74 bits per heavy atom. The van der Waals surface area contributed by atoms with Crippen molar-refractivity contribution in [2.24, 2.45) is 0 Å². The Morgan fingerprint density at radius 3 is 2.26 bits per heavy atom. The largest absolute Gasteiger partial charge is 0.441 e. The fourth-order valence-corrected chi connectivity index (χ4v) is 3.35. The van der Waals surface area contributed by atoms with E-state index in [9.17, 15) is 13.3 Å². The highest BCUT2D eigenvalue weighted by molar-refractivity contribution is 6.53. The summed E-state index contributed by atoms with van der Waals surface area (Å²) in [6, 6.07) is 0. The van der Waals surface area contributed by atoms with Crippen molar-refractivity contribution in [1.82, 2.24) is 0 Å². The van der Waals surface area contributed by atoms with Crippen molar-refractivity contribution in [3.05, 3.63) is 22.9 Å². The lowest BCUT2D eigenvalue weighted by molar-refractivity contribution is -0.363. The summed E-state index contributed by atoms with van der Waals surface area (Å²) in [4.78, 5) is 0. The molecule has 0 amide bonds. The molecule has 0 aromatic rings. The van der Waals surface area contributed by atoms with Crippen LogP contribution in [-0.2, 0) is 9.47 Å². The number of ether oxygens (including phenoxy) is 2. The molecule has 1 N–H and O–H groups in total. The van der Waals surface area contributed by atoms with E-state index in [1.165, 1.54) is 0 Å². The standard InChI is InChI=1S/C17H30F2O3Si/c1-3-5-13-21-17(20,22-14-6-4-2)12-8-10-15-9-7-11-16(15)23(18)19/h7,11,20,23H,3-6,8-10,12-14H2,1-2H3. The van der Waals surface area contributed by atoms with Crippen molar-refractivity contribution in [2.75, 3.05) is 13.2 Å². The van der Waals surface area contributed by atoms with E-state index in [0.29, 0.717) is 38.9 Å². The first-order valence-electron chi connectivity index (χ1n) is 8.69. The van der Waals surface area contributed by atoms with Crippen LogP contribution in [0, 0.1) is 0 Å². The maximum atomic E-state index is 13.0. The lowest BCUT2D eigenvalue weighted by atomic mass is 10.1. The predicted octanol–water partition coefficient (Wildman–Crippen LogP) is 4.39. The molecule has 6 heteroatoms. The highest BCUT2D eigenvalue weighted by Gasteiger charge is 2.29. The molecular weight excluding hydrogens is 318 g/mol. The lowest BCUT2D eigenvalue weighted by Gasteiger charge is -2.28. The van der Waals surface area contributed by atoms with Gasteiger partial charge in [-0.3, -0.25) is 8.22 Å². The van der Waals surface area contributed by atoms with Gasteiger partial charge in [-0.05, 0) is 37.3 Å². The number of aliphatic hydroxyl groups is 1. The second-order valence-corrected chi connectivity index (χ2v) is 7.16. The summed E-state index contributed by atoms with van der Waals surface area (Å²) in [5, 5.41) is 10.8. The molecule has 0 bridgehead atoms. The molecule has 0 atom stereocenters. The quantitative estimate of drug-likeness (QED) is 0.232. The monoisotopic (exact) mass is 348 g/mol. The van der Waals surface area contributed by atoms with E-state index in [1.807, 2.05) is 0 Å². The lowest BCUT2D eigenvalue weighted by Crippen LogP contribution is -2.36. The molecule has 0 saturated heterocycles. The molecule has 0 radical (unpaired) electrons. The second-order valence-electron chi connectivity index (χ2n) is 5.94. The highest BCUT2D eigenvalue weighted by atomic mass is 28.4. The number of allylic oxidation sites excluding steroid dienone is 4. The molecule has 0 aromatic heterocycles. The Hall–Kier alpha value is -0.563. The maximum absolute atomic E-state index is 13.0. The van der Waals surface area contributed by atoms with Crippen molar-refractivity contribution in [2.45, 2.75) is 71.2 Å². The van der Waals surface area contributed by atoms with Gasteiger partial charge in [0.05, 0.1) is 13.2 Å². The Balaban J connectivity index is 2.47. The topological polar surface area (TPSA) is 38.7 Å². The summed E-state index contributed by atoms with van der Waals surface area (Å²) in [6.45, 7) is 4.99. The minimum atomic E-state index is -3.74. The predicted molar refractivity (Wildman–Crippen MR) is 90.7 cm³/mol. The van der Waals surface area contributed by atoms with Crippen LogP contribution in [0.3, 0.4) is 0 Å². The first-order chi connectivity index (χ1) is 11.0. The molecule has 0 aromatic carbocycles. The van der Waals surface area contributed by atoms with E-state index in [0.717, 1.165) is 31.3 Å². The van der Waals surface area contributed by atoms with Gasteiger partial charge >= 0.3 is 9.46 Å². The molecule has 1 rings (SSSR count). The van der Waals surface area contributed by atoms with Gasteiger partial charge < -0.3 is 14.6 Å². The summed E-state index contributed by atoms with van der Waals surface area (Å²) in [7, 11) is -3.74. The van der Waals surface area contributed by atoms with Crippen LogP contribution in [0.2, 0.25) is 0 Å². The van der Waals surface area contributed by atoms with Crippen LogP contribution in [0.1, 0.15) is 65.2 Å². The average molecular weight is 349 g/mol. The summed E-state index contributed by atoms with van der Waals surface area (Å²) >= 11 is 0. The molecule has 0 saturated carbocycles. The molecule has 23 heavy (non-hydrogen) atoms. The fraction of sp³-hybridized carbons (Fsp3) is 0.765. The van der Waals surface area contributed by atoms with Crippen LogP contribution in [0.5, 0.6) is 0 Å². The van der Waals surface area contributed by atoms with Gasteiger partial charge in [0.1, 0.15) is 0 Å². The molecule has 3 nitrogen and oxygen atoms in total. The van der Waals surface area contributed by atoms with Gasteiger partial charge in [0.25, 0.3) is 5.97 Å². The van der Waals surface area contributed by atoms with Gasteiger partial charge in [-0.2, -0.15) is 0 Å². The minimum absolute atomic E-state index is 0.271. The van der Waals surface area contributed by atoms with E-state index >= 15 is 0 Å². The van der Waals surface area contributed by atoms with Gasteiger partial charge in [0.15, 0.2) is 0 Å². The van der Waals surface area contributed by atoms with Gasteiger partial charge in [0, 0.05) is 6.42 Å². The van der Waals surface area contributed by atoms with Gasteiger partial charge in [-0.15, -0.1) is 0 Å². The first-order valence-corrected chi connectivity index (χ1v) is 10.1. The van der Waals surface area contributed by atoms with Crippen molar-refractivity contribution in [1.29, 1.82) is 0 Å². The van der Waals surface area contributed by atoms with Crippen LogP contribution in [0.4, 0.5) is 8.22 Å². The van der Waals surface area contributed by atoms with Crippen LogP contribution in [0.25, 0.3) is 0 Å². The molecule has 1 aliphatic rings. The molecule has 134 valence electrons. The summed E-state index contributed by atoms with van der Waals surface area (Å²) in [6.07, 6.45) is 9.09. The van der Waals surface area contributed by atoms with Gasteiger partial charge in [-0.25, -0.2) is 0 Å². The molecule has 0 heterocycles. The Bertz CT molecular complexity index is 387. The second kappa shape index (κ2) is 11.1. The summed E-state index contributed by atoms with van der Waals surface area (Å²) in [5.74, 6) is -1.58. The van der Waals surface area contributed by atoms with Gasteiger partial charge in [0.2, 0.25) is 0 Å².